The van der Waals surface area contributed by atoms with E-state index in [4.69, 9.17) is 4.74 Å². The monoisotopic (exact) mass is 294 g/mol. The predicted molar refractivity (Wildman–Crippen MR) is 76.9 cm³/mol. The van der Waals surface area contributed by atoms with Crippen molar-refractivity contribution in [2.75, 3.05) is 12.4 Å². The molecule has 1 unspecified atom stereocenters. The molecule has 0 saturated carbocycles. The van der Waals surface area contributed by atoms with Gasteiger partial charge in [-0.15, -0.1) is 5.10 Å². The third kappa shape index (κ3) is 3.94. The molecule has 1 N–H and O–H groups in total. The van der Waals surface area contributed by atoms with Crippen molar-refractivity contribution in [3.8, 4) is 5.75 Å². The van der Waals surface area contributed by atoms with Gasteiger partial charge >= 0.3 is 0 Å². The Morgan fingerprint density at radius 3 is 2.85 bits per heavy atom. The Morgan fingerprint density at radius 2 is 2.20 bits per heavy atom. The van der Waals surface area contributed by atoms with Crippen molar-refractivity contribution in [1.29, 1.82) is 0 Å². The molecule has 1 aromatic carbocycles. The lowest BCUT2D eigenvalue weighted by Crippen LogP contribution is -2.20. The maximum absolute atomic E-state index is 9.92. The summed E-state index contributed by atoms with van der Waals surface area (Å²) in [7, 11) is 1.76. The second-order valence-corrected chi connectivity index (χ2v) is 5.62. The van der Waals surface area contributed by atoms with E-state index in [0.29, 0.717) is 10.9 Å². The molecule has 0 spiro atoms. The SMILES string of the molecule is Cc1ccc(OCC(O)CSc2nnnn2C)c(C)c1. The number of aliphatic hydroxyl groups is 1. The second-order valence-electron chi connectivity index (χ2n) is 4.63. The van der Waals surface area contributed by atoms with Crippen molar-refractivity contribution in [2.45, 2.75) is 25.1 Å². The van der Waals surface area contributed by atoms with Gasteiger partial charge in [0.2, 0.25) is 5.16 Å². The zero-order valence-electron chi connectivity index (χ0n) is 11.8. The van der Waals surface area contributed by atoms with E-state index in [9.17, 15) is 5.11 Å². The van der Waals surface area contributed by atoms with Crippen molar-refractivity contribution < 1.29 is 9.84 Å². The van der Waals surface area contributed by atoms with Gasteiger partial charge < -0.3 is 9.84 Å². The number of thioether (sulfide) groups is 1. The van der Waals surface area contributed by atoms with Gasteiger partial charge in [0.1, 0.15) is 12.4 Å². The second kappa shape index (κ2) is 6.71. The van der Waals surface area contributed by atoms with Gasteiger partial charge in [-0.1, -0.05) is 29.5 Å². The minimum atomic E-state index is -0.572. The van der Waals surface area contributed by atoms with Crippen LogP contribution in [0.1, 0.15) is 11.1 Å². The first-order chi connectivity index (χ1) is 9.56. The predicted octanol–water partition coefficient (Wildman–Crippen LogP) is 1.36. The van der Waals surface area contributed by atoms with E-state index in [0.717, 1.165) is 11.3 Å². The lowest BCUT2D eigenvalue weighted by atomic mass is 10.1. The molecule has 6 nitrogen and oxygen atoms in total. The number of aryl methyl sites for hydroxylation is 3. The van der Waals surface area contributed by atoms with Crippen LogP contribution in [0.15, 0.2) is 23.4 Å². The minimum Gasteiger partial charge on any atom is -0.491 e. The highest BCUT2D eigenvalue weighted by Gasteiger charge is 2.10. The summed E-state index contributed by atoms with van der Waals surface area (Å²) in [6.07, 6.45) is -0.572. The molecule has 0 aliphatic rings. The molecular weight excluding hydrogens is 276 g/mol. The first-order valence-electron chi connectivity index (χ1n) is 6.29. The van der Waals surface area contributed by atoms with E-state index >= 15 is 0 Å². The van der Waals surface area contributed by atoms with Crippen molar-refractivity contribution in [3.05, 3.63) is 29.3 Å². The van der Waals surface area contributed by atoms with Gasteiger partial charge in [-0.25, -0.2) is 4.68 Å². The molecule has 0 fully saturated rings. The van der Waals surface area contributed by atoms with Gasteiger partial charge in [-0.2, -0.15) is 0 Å². The van der Waals surface area contributed by atoms with Crippen LogP contribution < -0.4 is 4.74 Å². The fraction of sp³-hybridized carbons (Fsp3) is 0.462. The first kappa shape index (κ1) is 14.8. The number of aromatic nitrogens is 4. The number of aliphatic hydroxyl groups excluding tert-OH is 1. The van der Waals surface area contributed by atoms with Crippen molar-refractivity contribution >= 4 is 11.8 Å². The van der Waals surface area contributed by atoms with E-state index in [1.807, 2.05) is 26.0 Å². The highest BCUT2D eigenvalue weighted by atomic mass is 32.2. The normalized spacial score (nSPS) is 12.4. The largest absolute Gasteiger partial charge is 0.491 e. The number of ether oxygens (including phenoxy) is 1. The Labute approximate surface area is 122 Å². The van der Waals surface area contributed by atoms with Crippen LogP contribution in [0.25, 0.3) is 0 Å². The molecule has 1 heterocycles. The Morgan fingerprint density at radius 1 is 1.40 bits per heavy atom. The van der Waals surface area contributed by atoms with Gasteiger partial charge in [0, 0.05) is 12.8 Å². The van der Waals surface area contributed by atoms with Gasteiger partial charge in [0.05, 0.1) is 6.10 Å². The maximum atomic E-state index is 9.92. The molecule has 2 rings (SSSR count). The van der Waals surface area contributed by atoms with Gasteiger partial charge in [-0.3, -0.25) is 0 Å². The van der Waals surface area contributed by atoms with Crippen LogP contribution in [-0.2, 0) is 7.05 Å². The summed E-state index contributed by atoms with van der Waals surface area (Å²) in [6, 6.07) is 5.98. The number of tetrazole rings is 1. The third-order valence-electron chi connectivity index (χ3n) is 2.75. The summed E-state index contributed by atoms with van der Waals surface area (Å²) in [5.41, 5.74) is 2.27. The highest BCUT2D eigenvalue weighted by Crippen LogP contribution is 2.19. The van der Waals surface area contributed by atoms with Crippen LogP contribution in [0, 0.1) is 13.8 Å². The molecule has 0 radical (unpaired) electrons. The highest BCUT2D eigenvalue weighted by molar-refractivity contribution is 7.99. The van der Waals surface area contributed by atoms with Crippen molar-refractivity contribution in [1.82, 2.24) is 20.2 Å². The lowest BCUT2D eigenvalue weighted by molar-refractivity contribution is 0.126. The number of hydrogen-bond donors (Lipinski definition) is 1. The van der Waals surface area contributed by atoms with Gasteiger partial charge in [0.25, 0.3) is 0 Å². The average Bonchev–Trinajstić information content (AvgIpc) is 2.81. The quantitative estimate of drug-likeness (QED) is 0.811. The summed E-state index contributed by atoms with van der Waals surface area (Å²) < 4.78 is 7.20. The molecular formula is C13H18N4O2S. The van der Waals surface area contributed by atoms with E-state index in [1.54, 1.807) is 11.7 Å². The molecule has 2 aromatic rings. The summed E-state index contributed by atoms with van der Waals surface area (Å²) in [5.74, 6) is 1.29. The van der Waals surface area contributed by atoms with Crippen molar-refractivity contribution in [3.63, 3.8) is 0 Å². The van der Waals surface area contributed by atoms with E-state index in [1.165, 1.54) is 17.3 Å². The van der Waals surface area contributed by atoms with Crippen LogP contribution in [-0.4, -0.2) is 43.8 Å². The third-order valence-corrected chi connectivity index (χ3v) is 3.90. The fourth-order valence-electron chi connectivity index (χ4n) is 1.71. The maximum Gasteiger partial charge on any atom is 0.209 e. The molecule has 1 aromatic heterocycles. The van der Waals surface area contributed by atoms with E-state index in [2.05, 4.69) is 21.6 Å². The van der Waals surface area contributed by atoms with Gasteiger partial charge in [-0.05, 0) is 35.9 Å². The van der Waals surface area contributed by atoms with Crippen LogP contribution >= 0.6 is 11.8 Å². The Hall–Kier alpha value is -1.60. The summed E-state index contributed by atoms with van der Waals surface area (Å²) >= 11 is 1.40. The smallest absolute Gasteiger partial charge is 0.209 e. The molecule has 0 aliphatic heterocycles. The molecule has 1 atom stereocenters. The summed E-state index contributed by atoms with van der Waals surface area (Å²) in [5, 5.41) is 21.7. The topological polar surface area (TPSA) is 73.1 Å². The fourth-order valence-corrected chi connectivity index (χ4v) is 2.46. The minimum absolute atomic E-state index is 0.252. The zero-order valence-corrected chi connectivity index (χ0v) is 12.6. The molecule has 20 heavy (non-hydrogen) atoms. The van der Waals surface area contributed by atoms with Crippen LogP contribution in [0.3, 0.4) is 0 Å². The summed E-state index contributed by atoms with van der Waals surface area (Å²) in [6.45, 7) is 4.29. The van der Waals surface area contributed by atoms with Crippen LogP contribution in [0.2, 0.25) is 0 Å². The van der Waals surface area contributed by atoms with E-state index < -0.39 is 6.10 Å². The zero-order chi connectivity index (χ0) is 14.5. The first-order valence-corrected chi connectivity index (χ1v) is 7.28. The molecule has 0 aliphatic carbocycles. The van der Waals surface area contributed by atoms with Crippen LogP contribution in [0.5, 0.6) is 5.75 Å². The number of nitrogens with zero attached hydrogens (tertiary/aromatic N) is 4. The molecule has 0 saturated heterocycles. The molecule has 0 amide bonds. The Bertz CT molecular complexity index is 573. The van der Waals surface area contributed by atoms with Crippen molar-refractivity contribution in [2.24, 2.45) is 7.05 Å². The summed E-state index contributed by atoms with van der Waals surface area (Å²) in [4.78, 5) is 0. The molecule has 7 heteroatoms. The van der Waals surface area contributed by atoms with Gasteiger partial charge in [0.15, 0.2) is 0 Å². The molecule has 0 bridgehead atoms. The molecule has 108 valence electrons. The number of hydrogen-bond acceptors (Lipinski definition) is 6. The Kier molecular flexibility index (Phi) is 4.97. The average molecular weight is 294 g/mol. The van der Waals surface area contributed by atoms with Crippen LogP contribution in [0.4, 0.5) is 0 Å². The van der Waals surface area contributed by atoms with E-state index in [-0.39, 0.29) is 6.61 Å². The number of benzene rings is 1. The standard InChI is InChI=1S/C13H18N4O2S/c1-9-4-5-12(10(2)6-9)19-7-11(18)8-20-13-14-15-16-17(13)3/h4-6,11,18H,7-8H2,1-3H3. The lowest BCUT2D eigenvalue weighted by Gasteiger charge is -2.13. The number of rotatable bonds is 6. The Balaban J connectivity index is 1.80.